The van der Waals surface area contributed by atoms with E-state index in [4.69, 9.17) is 4.74 Å². The summed E-state index contributed by atoms with van der Waals surface area (Å²) in [6.07, 6.45) is 4.80. The monoisotopic (exact) mass is 366 g/mol. The van der Waals surface area contributed by atoms with Gasteiger partial charge < -0.3 is 10.1 Å². The van der Waals surface area contributed by atoms with Gasteiger partial charge in [0.25, 0.3) is 11.8 Å². The highest BCUT2D eigenvalue weighted by atomic mass is 16.5. The first kappa shape index (κ1) is 17.9. The summed E-state index contributed by atoms with van der Waals surface area (Å²) in [5, 5.41) is 7.00. The first-order valence-corrected chi connectivity index (χ1v) is 8.09. The lowest BCUT2D eigenvalue weighted by Gasteiger charge is -2.09. The van der Waals surface area contributed by atoms with Gasteiger partial charge in [-0.3, -0.25) is 20.4 Å². The molecule has 3 N–H and O–H groups in total. The molecule has 2 aromatic heterocycles. The van der Waals surface area contributed by atoms with Crippen molar-refractivity contribution in [1.29, 1.82) is 0 Å². The predicted octanol–water partition coefficient (Wildman–Crippen LogP) is 1.15. The van der Waals surface area contributed by atoms with Crippen LogP contribution in [0.3, 0.4) is 0 Å². The Labute approximate surface area is 155 Å². The molecular formula is C18H18N6O3. The Morgan fingerprint density at radius 2 is 1.93 bits per heavy atom. The van der Waals surface area contributed by atoms with E-state index >= 15 is 0 Å². The number of nitrogens with one attached hydrogen (secondary N) is 3. The van der Waals surface area contributed by atoms with Gasteiger partial charge in [0.1, 0.15) is 5.75 Å². The zero-order valence-electron chi connectivity index (χ0n) is 14.5. The molecule has 0 saturated heterocycles. The molecule has 2 heterocycles. The zero-order chi connectivity index (χ0) is 19.1. The lowest BCUT2D eigenvalue weighted by molar-refractivity contribution is -0.120. The van der Waals surface area contributed by atoms with Gasteiger partial charge in [0.2, 0.25) is 0 Å². The molecule has 3 aromatic rings. The summed E-state index contributed by atoms with van der Waals surface area (Å²) >= 11 is 0. The number of hydrogen-bond donors (Lipinski definition) is 3. The van der Waals surface area contributed by atoms with Gasteiger partial charge in [-0.05, 0) is 42.5 Å². The highest BCUT2D eigenvalue weighted by molar-refractivity contribution is 5.95. The molecule has 0 saturated carbocycles. The number of pyridine rings is 1. The third-order valence-corrected chi connectivity index (χ3v) is 3.61. The highest BCUT2D eigenvalue weighted by Crippen LogP contribution is 2.14. The van der Waals surface area contributed by atoms with Crippen molar-refractivity contribution in [2.75, 3.05) is 19.0 Å². The number of methoxy groups -OCH3 is 1. The number of benzene rings is 1. The number of carbonyl (C=O) groups is 2. The van der Waals surface area contributed by atoms with Crippen molar-refractivity contribution in [2.45, 2.75) is 0 Å². The van der Waals surface area contributed by atoms with E-state index in [2.05, 4.69) is 26.3 Å². The van der Waals surface area contributed by atoms with E-state index in [1.165, 1.54) is 6.20 Å². The topological polar surface area (TPSA) is 110 Å². The quantitative estimate of drug-likeness (QED) is 0.565. The lowest BCUT2D eigenvalue weighted by atomic mass is 10.3. The molecule has 3 rings (SSSR count). The van der Waals surface area contributed by atoms with Crippen molar-refractivity contribution in [3.8, 4) is 11.6 Å². The molecule has 0 spiro atoms. The summed E-state index contributed by atoms with van der Waals surface area (Å²) in [6.45, 7) is 0.00307. The van der Waals surface area contributed by atoms with Crippen LogP contribution < -0.4 is 20.9 Å². The number of anilines is 1. The van der Waals surface area contributed by atoms with Crippen molar-refractivity contribution in [3.05, 3.63) is 66.6 Å². The summed E-state index contributed by atoms with van der Waals surface area (Å²) in [5.74, 6) is 0.460. The molecule has 0 aliphatic carbocycles. The van der Waals surface area contributed by atoms with Gasteiger partial charge in [-0.2, -0.15) is 5.10 Å². The highest BCUT2D eigenvalue weighted by Gasteiger charge is 2.08. The summed E-state index contributed by atoms with van der Waals surface area (Å²) < 4.78 is 6.64. The zero-order valence-corrected chi connectivity index (χ0v) is 14.5. The van der Waals surface area contributed by atoms with Crippen LogP contribution >= 0.6 is 0 Å². The molecule has 9 heteroatoms. The Kier molecular flexibility index (Phi) is 5.63. The van der Waals surface area contributed by atoms with E-state index in [-0.39, 0.29) is 12.5 Å². The van der Waals surface area contributed by atoms with Crippen LogP contribution in [0.25, 0.3) is 5.82 Å². The number of nitrogens with zero attached hydrogens (tertiary/aromatic N) is 3. The molecule has 0 aliphatic heterocycles. The van der Waals surface area contributed by atoms with Gasteiger partial charge in [0.05, 0.1) is 19.2 Å². The van der Waals surface area contributed by atoms with Crippen LogP contribution in [0.4, 0.5) is 5.69 Å². The minimum Gasteiger partial charge on any atom is -0.497 e. The van der Waals surface area contributed by atoms with Crippen LogP contribution in [0.1, 0.15) is 10.4 Å². The number of amides is 2. The fraction of sp³-hybridized carbons (Fsp3) is 0.111. The molecule has 1 aromatic carbocycles. The van der Waals surface area contributed by atoms with Crippen molar-refractivity contribution in [2.24, 2.45) is 0 Å². The Bertz CT molecular complexity index is 892. The Hall–Kier alpha value is -3.88. The second-order valence-corrected chi connectivity index (χ2v) is 5.44. The molecule has 0 radical (unpaired) electrons. The molecular weight excluding hydrogens is 348 g/mol. The van der Waals surface area contributed by atoms with Gasteiger partial charge in [0.15, 0.2) is 5.82 Å². The minimum absolute atomic E-state index is 0.00307. The number of aromatic nitrogens is 3. The average molecular weight is 366 g/mol. The molecule has 2 amide bonds. The number of hydrogen-bond acceptors (Lipinski definition) is 6. The van der Waals surface area contributed by atoms with Crippen LogP contribution in [-0.4, -0.2) is 40.2 Å². The van der Waals surface area contributed by atoms with Crippen molar-refractivity contribution in [3.63, 3.8) is 0 Å². The number of carbonyl (C=O) groups excluding carboxylic acids is 2. The maximum Gasteiger partial charge on any atom is 0.271 e. The van der Waals surface area contributed by atoms with Gasteiger partial charge in [-0.15, -0.1) is 0 Å². The van der Waals surface area contributed by atoms with Crippen molar-refractivity contribution < 1.29 is 14.3 Å². The van der Waals surface area contributed by atoms with Crippen LogP contribution in [0.2, 0.25) is 0 Å². The maximum atomic E-state index is 12.1. The third-order valence-electron chi connectivity index (χ3n) is 3.61. The largest absolute Gasteiger partial charge is 0.497 e. The van der Waals surface area contributed by atoms with Crippen LogP contribution in [0, 0.1) is 0 Å². The fourth-order valence-electron chi connectivity index (χ4n) is 2.19. The number of ether oxygens (including phenoxy) is 1. The second-order valence-electron chi connectivity index (χ2n) is 5.44. The van der Waals surface area contributed by atoms with E-state index in [0.717, 1.165) is 11.4 Å². The van der Waals surface area contributed by atoms with Gasteiger partial charge in [0, 0.05) is 24.3 Å². The molecule has 27 heavy (non-hydrogen) atoms. The SMILES string of the molecule is COc1ccc(NCC(=O)NNC(=O)c2ccc(-n3cccn3)nc2)cc1. The maximum absolute atomic E-state index is 12.1. The summed E-state index contributed by atoms with van der Waals surface area (Å²) in [6, 6.07) is 12.2. The average Bonchev–Trinajstić information content (AvgIpc) is 3.26. The summed E-state index contributed by atoms with van der Waals surface area (Å²) in [7, 11) is 1.58. The van der Waals surface area contributed by atoms with E-state index < -0.39 is 5.91 Å². The molecule has 0 unspecified atom stereocenters. The second kappa shape index (κ2) is 8.48. The molecule has 0 aliphatic rings. The van der Waals surface area contributed by atoms with E-state index in [9.17, 15) is 9.59 Å². The predicted molar refractivity (Wildman–Crippen MR) is 98.5 cm³/mol. The fourth-order valence-corrected chi connectivity index (χ4v) is 2.19. The first-order valence-electron chi connectivity index (χ1n) is 8.09. The molecule has 0 atom stereocenters. The smallest absolute Gasteiger partial charge is 0.271 e. The first-order chi connectivity index (χ1) is 13.2. The normalized spacial score (nSPS) is 10.1. The standard InChI is InChI=1S/C18H18N6O3/c1-27-15-6-4-14(5-7-15)19-12-17(25)22-23-18(26)13-3-8-16(20-11-13)24-10-2-9-21-24/h2-11,19H,12H2,1H3,(H,22,25)(H,23,26). The van der Waals surface area contributed by atoms with Crippen LogP contribution in [0.5, 0.6) is 5.75 Å². The lowest BCUT2D eigenvalue weighted by Crippen LogP contribution is -2.44. The van der Waals surface area contributed by atoms with E-state index in [1.54, 1.807) is 66.6 Å². The van der Waals surface area contributed by atoms with Crippen molar-refractivity contribution >= 4 is 17.5 Å². The molecule has 0 bridgehead atoms. The molecule has 9 nitrogen and oxygen atoms in total. The van der Waals surface area contributed by atoms with Gasteiger partial charge in [-0.1, -0.05) is 0 Å². The Balaban J connectivity index is 1.45. The van der Waals surface area contributed by atoms with E-state index in [0.29, 0.717) is 11.4 Å². The van der Waals surface area contributed by atoms with Crippen molar-refractivity contribution in [1.82, 2.24) is 25.6 Å². The summed E-state index contributed by atoms with van der Waals surface area (Å²) in [4.78, 5) is 28.1. The number of hydrazine groups is 1. The molecule has 138 valence electrons. The Morgan fingerprint density at radius 1 is 1.11 bits per heavy atom. The summed E-state index contributed by atoms with van der Waals surface area (Å²) in [5.41, 5.74) is 5.77. The third kappa shape index (κ3) is 4.82. The molecule has 0 fully saturated rings. The minimum atomic E-state index is -0.465. The van der Waals surface area contributed by atoms with Crippen LogP contribution in [-0.2, 0) is 4.79 Å². The van der Waals surface area contributed by atoms with Crippen LogP contribution in [0.15, 0.2) is 61.1 Å². The number of rotatable bonds is 6. The van der Waals surface area contributed by atoms with E-state index in [1.807, 2.05) is 0 Å². The van der Waals surface area contributed by atoms with Gasteiger partial charge >= 0.3 is 0 Å². The Morgan fingerprint density at radius 3 is 2.56 bits per heavy atom. The van der Waals surface area contributed by atoms with Gasteiger partial charge in [-0.25, -0.2) is 9.67 Å².